The molecule has 0 aliphatic rings. The van der Waals surface area contributed by atoms with E-state index in [0.29, 0.717) is 10.2 Å². The van der Waals surface area contributed by atoms with Crippen molar-refractivity contribution in [1.29, 1.82) is 0 Å². The summed E-state index contributed by atoms with van der Waals surface area (Å²) in [4.78, 5) is 11.9. The average molecular weight is 393 g/mol. The van der Waals surface area contributed by atoms with Crippen LogP contribution in [0.1, 0.15) is 42.2 Å². The number of carbonyl (C=O) groups is 1. The minimum Gasteiger partial charge on any atom is -0.494 e. The molecule has 24 heavy (non-hydrogen) atoms. The van der Waals surface area contributed by atoms with E-state index in [9.17, 15) is 4.79 Å². The number of unbranched alkanes of at least 4 members (excludes halogenated alkanes) is 2. The van der Waals surface area contributed by atoms with Crippen molar-refractivity contribution in [3.05, 3.63) is 46.2 Å². The molecule has 0 saturated carbocycles. The number of hydrogen-bond acceptors (Lipinski definition) is 4. The summed E-state index contributed by atoms with van der Waals surface area (Å²) < 4.78 is 7.83. The second-order valence-electron chi connectivity index (χ2n) is 5.32. The standard InChI is InChI=1S/C17H21BrN4O2/c1-3-4-5-10-24-14-8-6-13(7-9-14)11-19-20-17(23)16-15(18)12-22(2)21-16/h6-9,11-12H,3-5,10H2,1-2H3,(H,20,23)/b19-11+. The van der Waals surface area contributed by atoms with Gasteiger partial charge in [-0.25, -0.2) is 5.43 Å². The molecule has 1 aromatic carbocycles. The van der Waals surface area contributed by atoms with Crippen LogP contribution in [0.3, 0.4) is 0 Å². The fourth-order valence-electron chi connectivity index (χ4n) is 2.02. The molecule has 1 N–H and O–H groups in total. The van der Waals surface area contributed by atoms with Gasteiger partial charge in [0.15, 0.2) is 5.69 Å². The van der Waals surface area contributed by atoms with E-state index in [1.165, 1.54) is 12.8 Å². The topological polar surface area (TPSA) is 68.5 Å². The van der Waals surface area contributed by atoms with E-state index in [1.54, 1.807) is 24.1 Å². The molecule has 0 bridgehead atoms. The molecule has 1 amide bonds. The first-order valence-electron chi connectivity index (χ1n) is 7.85. The van der Waals surface area contributed by atoms with Gasteiger partial charge in [-0.15, -0.1) is 0 Å². The van der Waals surface area contributed by atoms with Gasteiger partial charge in [-0.2, -0.15) is 10.2 Å². The Balaban J connectivity index is 1.83. The number of ether oxygens (including phenoxy) is 1. The van der Waals surface area contributed by atoms with E-state index in [2.05, 4.69) is 38.5 Å². The van der Waals surface area contributed by atoms with Crippen molar-refractivity contribution in [3.8, 4) is 5.75 Å². The van der Waals surface area contributed by atoms with Crippen molar-refractivity contribution in [2.75, 3.05) is 6.61 Å². The zero-order valence-electron chi connectivity index (χ0n) is 13.8. The van der Waals surface area contributed by atoms with Gasteiger partial charge in [-0.1, -0.05) is 19.8 Å². The van der Waals surface area contributed by atoms with Gasteiger partial charge in [0.1, 0.15) is 5.75 Å². The molecule has 0 aliphatic carbocycles. The molecule has 0 atom stereocenters. The predicted octanol–water partition coefficient (Wildman–Crippen LogP) is 3.52. The summed E-state index contributed by atoms with van der Waals surface area (Å²) in [5.41, 5.74) is 3.63. The SMILES string of the molecule is CCCCCOc1ccc(/C=N/NC(=O)c2nn(C)cc2Br)cc1. The summed E-state index contributed by atoms with van der Waals surface area (Å²) in [6, 6.07) is 7.57. The average Bonchev–Trinajstić information content (AvgIpc) is 2.91. The van der Waals surface area contributed by atoms with Crippen molar-refractivity contribution >= 4 is 28.1 Å². The quantitative estimate of drug-likeness (QED) is 0.424. The van der Waals surface area contributed by atoms with Crippen LogP contribution < -0.4 is 10.2 Å². The van der Waals surface area contributed by atoms with E-state index in [4.69, 9.17) is 4.74 Å². The first-order chi connectivity index (χ1) is 11.6. The maximum atomic E-state index is 11.9. The van der Waals surface area contributed by atoms with Crippen LogP contribution in [0.2, 0.25) is 0 Å². The van der Waals surface area contributed by atoms with Crippen LogP contribution in [0.4, 0.5) is 0 Å². The van der Waals surface area contributed by atoms with Crippen LogP contribution in [-0.4, -0.2) is 28.5 Å². The highest BCUT2D eigenvalue weighted by atomic mass is 79.9. The maximum Gasteiger partial charge on any atom is 0.293 e. The molecule has 0 radical (unpaired) electrons. The van der Waals surface area contributed by atoms with E-state index in [-0.39, 0.29) is 5.91 Å². The zero-order valence-corrected chi connectivity index (χ0v) is 15.4. The van der Waals surface area contributed by atoms with Crippen LogP contribution in [0.25, 0.3) is 0 Å². The van der Waals surface area contributed by atoms with Gasteiger partial charge in [0, 0.05) is 13.2 Å². The molecule has 2 aromatic rings. The van der Waals surface area contributed by atoms with Crippen LogP contribution in [0.5, 0.6) is 5.75 Å². The van der Waals surface area contributed by atoms with Crippen molar-refractivity contribution in [1.82, 2.24) is 15.2 Å². The number of nitrogens with one attached hydrogen (secondary N) is 1. The molecular formula is C17H21BrN4O2. The molecule has 7 heteroatoms. The number of aromatic nitrogens is 2. The molecule has 128 valence electrons. The third kappa shape index (κ3) is 5.49. The lowest BCUT2D eigenvalue weighted by atomic mass is 10.2. The second kappa shape index (κ2) is 9.22. The van der Waals surface area contributed by atoms with Gasteiger partial charge < -0.3 is 4.74 Å². The van der Waals surface area contributed by atoms with E-state index in [1.807, 2.05) is 24.3 Å². The number of rotatable bonds is 8. The Bertz CT molecular complexity index is 695. The fourth-order valence-corrected chi connectivity index (χ4v) is 2.58. The molecule has 0 aliphatic heterocycles. The summed E-state index contributed by atoms with van der Waals surface area (Å²) in [5, 5.41) is 8.01. The van der Waals surface area contributed by atoms with Crippen LogP contribution >= 0.6 is 15.9 Å². The minimum absolute atomic E-state index is 0.297. The number of halogens is 1. The molecule has 6 nitrogen and oxygen atoms in total. The Morgan fingerprint density at radius 3 is 2.75 bits per heavy atom. The number of amides is 1. The van der Waals surface area contributed by atoms with Gasteiger partial charge in [-0.3, -0.25) is 9.48 Å². The highest BCUT2D eigenvalue weighted by Gasteiger charge is 2.13. The molecule has 0 spiro atoms. The Morgan fingerprint density at radius 1 is 1.38 bits per heavy atom. The third-order valence-electron chi connectivity index (χ3n) is 3.28. The first kappa shape index (κ1) is 18.2. The summed E-state index contributed by atoms with van der Waals surface area (Å²) in [5.74, 6) is 0.472. The molecule has 0 unspecified atom stereocenters. The Labute approximate surface area is 150 Å². The third-order valence-corrected chi connectivity index (χ3v) is 3.86. The predicted molar refractivity (Wildman–Crippen MR) is 97.4 cm³/mol. The molecule has 1 heterocycles. The highest BCUT2D eigenvalue weighted by molar-refractivity contribution is 9.10. The summed E-state index contributed by atoms with van der Waals surface area (Å²) in [7, 11) is 1.75. The molecule has 1 aromatic heterocycles. The lowest BCUT2D eigenvalue weighted by Crippen LogP contribution is -2.18. The normalized spacial score (nSPS) is 11.0. The van der Waals surface area contributed by atoms with Crippen molar-refractivity contribution in [3.63, 3.8) is 0 Å². The highest BCUT2D eigenvalue weighted by Crippen LogP contribution is 2.14. The molecule has 0 saturated heterocycles. The Hall–Kier alpha value is -2.15. The summed E-state index contributed by atoms with van der Waals surface area (Å²) in [6.07, 6.45) is 6.71. The molecule has 2 rings (SSSR count). The Morgan fingerprint density at radius 2 is 2.12 bits per heavy atom. The summed E-state index contributed by atoms with van der Waals surface area (Å²) in [6.45, 7) is 2.90. The van der Waals surface area contributed by atoms with Gasteiger partial charge in [0.05, 0.1) is 17.3 Å². The van der Waals surface area contributed by atoms with Gasteiger partial charge in [0.2, 0.25) is 0 Å². The number of carbonyl (C=O) groups excluding carboxylic acids is 1. The van der Waals surface area contributed by atoms with E-state index < -0.39 is 0 Å². The lowest BCUT2D eigenvalue weighted by Gasteiger charge is -2.05. The van der Waals surface area contributed by atoms with Crippen molar-refractivity contribution < 1.29 is 9.53 Å². The van der Waals surface area contributed by atoms with Crippen LogP contribution in [-0.2, 0) is 7.05 Å². The monoisotopic (exact) mass is 392 g/mol. The summed E-state index contributed by atoms with van der Waals surface area (Å²) >= 11 is 3.28. The lowest BCUT2D eigenvalue weighted by molar-refractivity contribution is 0.0948. The van der Waals surface area contributed by atoms with Crippen molar-refractivity contribution in [2.24, 2.45) is 12.1 Å². The van der Waals surface area contributed by atoms with Crippen LogP contribution in [0.15, 0.2) is 40.0 Å². The van der Waals surface area contributed by atoms with Crippen LogP contribution in [0, 0.1) is 0 Å². The zero-order chi connectivity index (χ0) is 17.4. The Kier molecular flexibility index (Phi) is 6.99. The fraction of sp³-hybridized carbons (Fsp3) is 0.353. The number of nitrogens with zero attached hydrogens (tertiary/aromatic N) is 3. The van der Waals surface area contributed by atoms with Crippen molar-refractivity contribution in [2.45, 2.75) is 26.2 Å². The minimum atomic E-state index is -0.366. The molecular weight excluding hydrogens is 372 g/mol. The van der Waals surface area contributed by atoms with Gasteiger partial charge in [-0.05, 0) is 52.2 Å². The number of hydrazone groups is 1. The smallest absolute Gasteiger partial charge is 0.293 e. The van der Waals surface area contributed by atoms with E-state index in [0.717, 1.165) is 24.3 Å². The maximum absolute atomic E-state index is 11.9. The number of aryl methyl sites for hydroxylation is 1. The van der Waals surface area contributed by atoms with Gasteiger partial charge >= 0.3 is 0 Å². The number of hydrogen-bond donors (Lipinski definition) is 1. The largest absolute Gasteiger partial charge is 0.494 e. The van der Waals surface area contributed by atoms with Gasteiger partial charge in [0.25, 0.3) is 5.91 Å². The second-order valence-corrected chi connectivity index (χ2v) is 6.18. The molecule has 0 fully saturated rings. The van der Waals surface area contributed by atoms with E-state index >= 15 is 0 Å². The first-order valence-corrected chi connectivity index (χ1v) is 8.65. The number of benzene rings is 1.